The predicted molar refractivity (Wildman–Crippen MR) is 143 cm³/mol. The van der Waals surface area contributed by atoms with Crippen LogP contribution in [-0.4, -0.2) is 25.5 Å². The second kappa shape index (κ2) is 8.70. The second-order valence-corrected chi connectivity index (χ2v) is 8.91. The monoisotopic (exact) mass is 522 g/mol. The van der Waals surface area contributed by atoms with E-state index in [4.69, 9.17) is 8.83 Å². The normalized spacial score (nSPS) is 11.3. The van der Waals surface area contributed by atoms with Gasteiger partial charge < -0.3 is 34.4 Å². The van der Waals surface area contributed by atoms with E-state index in [2.05, 4.69) is 0 Å². The van der Waals surface area contributed by atoms with Crippen molar-refractivity contribution in [1.29, 1.82) is 0 Å². The molecule has 192 valence electrons. The molecule has 9 nitrogen and oxygen atoms in total. The number of phenolic OH excluding ortho intramolecular Hbond substituents is 5. The minimum absolute atomic E-state index is 0.0251. The molecule has 0 atom stereocenters. The van der Waals surface area contributed by atoms with Crippen LogP contribution in [0.2, 0.25) is 0 Å². The van der Waals surface area contributed by atoms with Gasteiger partial charge in [-0.3, -0.25) is 9.59 Å². The zero-order valence-electron chi connectivity index (χ0n) is 19.9. The zero-order chi connectivity index (χ0) is 27.4. The molecule has 0 unspecified atom stereocenters. The number of rotatable bonds is 3. The summed E-state index contributed by atoms with van der Waals surface area (Å²) in [6.45, 7) is 0. The lowest BCUT2D eigenvalue weighted by atomic mass is 9.98. The number of hydrogen-bond acceptors (Lipinski definition) is 9. The van der Waals surface area contributed by atoms with Gasteiger partial charge in [0.05, 0.1) is 5.56 Å². The molecule has 0 aliphatic rings. The average Bonchev–Trinajstić information content (AvgIpc) is 2.88. The summed E-state index contributed by atoms with van der Waals surface area (Å²) in [5.41, 5.74) is 0.206. The quantitative estimate of drug-likeness (QED) is 0.204. The highest BCUT2D eigenvalue weighted by Gasteiger charge is 2.21. The van der Waals surface area contributed by atoms with E-state index in [1.54, 1.807) is 36.4 Å². The molecular formula is C30H18O9. The van der Waals surface area contributed by atoms with Crippen molar-refractivity contribution in [2.45, 2.75) is 0 Å². The fourth-order valence-electron chi connectivity index (χ4n) is 4.57. The Morgan fingerprint density at radius 2 is 1.15 bits per heavy atom. The van der Waals surface area contributed by atoms with E-state index < -0.39 is 22.4 Å². The smallest absolute Gasteiger partial charge is 0.197 e. The molecule has 4 aromatic carbocycles. The van der Waals surface area contributed by atoms with Crippen LogP contribution < -0.4 is 10.9 Å². The first kappa shape index (κ1) is 23.7. The first-order valence-electron chi connectivity index (χ1n) is 11.6. The third-order valence-electron chi connectivity index (χ3n) is 6.34. The Morgan fingerprint density at radius 3 is 1.90 bits per heavy atom. The minimum atomic E-state index is -0.547. The lowest BCUT2D eigenvalue weighted by Gasteiger charge is -2.13. The van der Waals surface area contributed by atoms with Gasteiger partial charge >= 0.3 is 0 Å². The van der Waals surface area contributed by atoms with E-state index in [0.717, 1.165) is 12.1 Å². The summed E-state index contributed by atoms with van der Waals surface area (Å²) < 4.78 is 11.8. The molecule has 6 rings (SSSR count). The van der Waals surface area contributed by atoms with Gasteiger partial charge in [-0.15, -0.1) is 0 Å². The summed E-state index contributed by atoms with van der Waals surface area (Å²) >= 11 is 0. The Morgan fingerprint density at radius 1 is 0.513 bits per heavy atom. The molecule has 0 amide bonds. The first-order valence-corrected chi connectivity index (χ1v) is 11.6. The Bertz CT molecular complexity index is 2050. The van der Waals surface area contributed by atoms with E-state index in [-0.39, 0.29) is 56.3 Å². The molecule has 9 heteroatoms. The van der Waals surface area contributed by atoms with Gasteiger partial charge in [0.1, 0.15) is 56.6 Å². The van der Waals surface area contributed by atoms with Gasteiger partial charge in [0.2, 0.25) is 0 Å². The summed E-state index contributed by atoms with van der Waals surface area (Å²) in [6.07, 6.45) is 0. The lowest BCUT2D eigenvalue weighted by Crippen LogP contribution is -2.02. The molecule has 0 aliphatic heterocycles. The van der Waals surface area contributed by atoms with Crippen molar-refractivity contribution in [3.8, 4) is 62.5 Å². The number of fused-ring (bicyclic) bond motifs is 2. The summed E-state index contributed by atoms with van der Waals surface area (Å²) in [6, 6.07) is 18.2. The van der Waals surface area contributed by atoms with E-state index in [1.807, 2.05) is 0 Å². The molecule has 0 saturated carbocycles. The van der Waals surface area contributed by atoms with Crippen molar-refractivity contribution in [2.24, 2.45) is 0 Å². The third-order valence-corrected chi connectivity index (χ3v) is 6.34. The van der Waals surface area contributed by atoms with Crippen LogP contribution in [0.15, 0.2) is 97.3 Å². The Hall–Kier alpha value is -5.70. The van der Waals surface area contributed by atoms with Crippen LogP contribution in [0.4, 0.5) is 0 Å². The van der Waals surface area contributed by atoms with Crippen LogP contribution in [0.25, 0.3) is 55.7 Å². The molecule has 0 fully saturated rings. The van der Waals surface area contributed by atoms with Gasteiger partial charge in [-0.05, 0) is 35.9 Å². The maximum Gasteiger partial charge on any atom is 0.197 e. The molecule has 0 radical (unpaired) electrons. The summed E-state index contributed by atoms with van der Waals surface area (Å²) in [4.78, 5) is 25.7. The molecule has 2 heterocycles. The van der Waals surface area contributed by atoms with Crippen LogP contribution in [0.3, 0.4) is 0 Å². The number of phenols is 5. The highest BCUT2D eigenvalue weighted by molar-refractivity contribution is 6.00. The molecule has 0 bridgehead atoms. The number of benzene rings is 4. The van der Waals surface area contributed by atoms with Crippen molar-refractivity contribution in [3.63, 3.8) is 0 Å². The van der Waals surface area contributed by atoms with E-state index in [0.29, 0.717) is 16.7 Å². The Labute approximate surface area is 218 Å². The van der Waals surface area contributed by atoms with Crippen LogP contribution in [0.5, 0.6) is 28.7 Å². The Kier molecular flexibility index (Phi) is 5.28. The topological polar surface area (TPSA) is 162 Å². The number of hydrogen-bond donors (Lipinski definition) is 5. The fraction of sp³-hybridized carbons (Fsp3) is 0. The summed E-state index contributed by atoms with van der Waals surface area (Å²) in [5, 5.41) is 50.6. The standard InChI is InChI=1S/C30H18O9/c31-17-6-4-14(5-7-17)24-13-23(37)29-21(35)11-20(34)27(30(29)39-24)16-3-1-2-15(8-16)25-12-22(36)28-19(33)9-18(32)10-26(28)38-25/h1-13,31-35H. The molecule has 0 saturated heterocycles. The molecule has 6 aromatic rings. The van der Waals surface area contributed by atoms with Crippen molar-refractivity contribution >= 4 is 21.9 Å². The van der Waals surface area contributed by atoms with E-state index in [1.165, 1.54) is 30.3 Å². The van der Waals surface area contributed by atoms with Gasteiger partial charge in [0.25, 0.3) is 0 Å². The van der Waals surface area contributed by atoms with Crippen LogP contribution >= 0.6 is 0 Å². The second-order valence-electron chi connectivity index (χ2n) is 8.91. The highest BCUT2D eigenvalue weighted by Crippen LogP contribution is 2.42. The van der Waals surface area contributed by atoms with Gasteiger partial charge in [-0.25, -0.2) is 0 Å². The van der Waals surface area contributed by atoms with Crippen LogP contribution in [0.1, 0.15) is 0 Å². The van der Waals surface area contributed by atoms with E-state index >= 15 is 0 Å². The molecular weight excluding hydrogens is 504 g/mol. The van der Waals surface area contributed by atoms with Crippen LogP contribution in [0, 0.1) is 0 Å². The van der Waals surface area contributed by atoms with Crippen molar-refractivity contribution < 1.29 is 34.4 Å². The molecule has 39 heavy (non-hydrogen) atoms. The van der Waals surface area contributed by atoms with Gasteiger partial charge in [0.15, 0.2) is 16.4 Å². The maximum absolute atomic E-state index is 13.0. The summed E-state index contributed by atoms with van der Waals surface area (Å²) in [5.74, 6) is -1.23. The van der Waals surface area contributed by atoms with Crippen molar-refractivity contribution in [3.05, 3.63) is 99.3 Å². The molecule has 2 aromatic heterocycles. The SMILES string of the molecule is O=c1cc(-c2cccc(-c3c(O)cc(O)c4c(=O)cc(-c5ccc(O)cc5)oc34)c2)oc2cc(O)cc(O)c12. The lowest BCUT2D eigenvalue weighted by molar-refractivity contribution is 0.451. The molecule has 0 aliphatic carbocycles. The predicted octanol–water partition coefficient (Wildman–Crippen LogP) is 5.43. The molecule has 0 spiro atoms. The minimum Gasteiger partial charge on any atom is -0.508 e. The third kappa shape index (κ3) is 3.98. The molecule has 5 N–H and O–H groups in total. The Balaban J connectivity index is 1.58. The van der Waals surface area contributed by atoms with E-state index in [9.17, 15) is 35.1 Å². The fourth-order valence-corrected chi connectivity index (χ4v) is 4.57. The zero-order valence-corrected chi connectivity index (χ0v) is 19.9. The van der Waals surface area contributed by atoms with Crippen molar-refractivity contribution in [2.75, 3.05) is 0 Å². The average molecular weight is 522 g/mol. The number of aromatic hydroxyl groups is 5. The first-order chi connectivity index (χ1) is 18.7. The maximum atomic E-state index is 13.0. The van der Waals surface area contributed by atoms with Gasteiger partial charge in [0, 0.05) is 41.5 Å². The van der Waals surface area contributed by atoms with Crippen LogP contribution in [-0.2, 0) is 0 Å². The largest absolute Gasteiger partial charge is 0.508 e. The van der Waals surface area contributed by atoms with Gasteiger partial charge in [-0.1, -0.05) is 18.2 Å². The van der Waals surface area contributed by atoms with Crippen molar-refractivity contribution in [1.82, 2.24) is 0 Å². The van der Waals surface area contributed by atoms with Gasteiger partial charge in [-0.2, -0.15) is 0 Å². The summed E-state index contributed by atoms with van der Waals surface area (Å²) in [7, 11) is 0. The highest BCUT2D eigenvalue weighted by atomic mass is 16.3.